The molecule has 27 heavy (non-hydrogen) atoms. The lowest BCUT2D eigenvalue weighted by Crippen LogP contribution is -2.46. The van der Waals surface area contributed by atoms with E-state index in [1.165, 1.54) is 0 Å². The van der Waals surface area contributed by atoms with Crippen molar-refractivity contribution in [3.05, 3.63) is 53.5 Å². The standard InChI is InChI=1S/C20H24N4O3/c1-15(2)27-20(26)18-4-3-7-21-19(18)24-10-8-23(9-11-24)13-17-6-5-16(14-25)12-22-17/h3-7,12,14-15H,8-11,13H2,1-2H3. The van der Waals surface area contributed by atoms with Crippen LogP contribution in [0.15, 0.2) is 36.7 Å². The number of esters is 1. The van der Waals surface area contributed by atoms with Crippen LogP contribution in [0.25, 0.3) is 0 Å². The summed E-state index contributed by atoms with van der Waals surface area (Å²) in [6.07, 6.45) is 3.93. The third kappa shape index (κ3) is 4.89. The number of pyridine rings is 2. The molecule has 2 aromatic rings. The maximum absolute atomic E-state index is 12.3. The zero-order chi connectivity index (χ0) is 19.2. The molecule has 2 aromatic heterocycles. The van der Waals surface area contributed by atoms with Crippen LogP contribution < -0.4 is 4.90 Å². The van der Waals surface area contributed by atoms with Gasteiger partial charge < -0.3 is 9.64 Å². The van der Waals surface area contributed by atoms with Crippen molar-refractivity contribution in [2.45, 2.75) is 26.5 Å². The van der Waals surface area contributed by atoms with E-state index in [0.29, 0.717) is 16.9 Å². The van der Waals surface area contributed by atoms with Gasteiger partial charge in [0, 0.05) is 50.7 Å². The fraction of sp³-hybridized carbons (Fsp3) is 0.400. The first-order valence-electron chi connectivity index (χ1n) is 9.10. The molecule has 3 heterocycles. The van der Waals surface area contributed by atoms with Crippen LogP contribution in [0.1, 0.15) is 40.3 Å². The minimum Gasteiger partial charge on any atom is -0.459 e. The Morgan fingerprint density at radius 2 is 1.96 bits per heavy atom. The minimum absolute atomic E-state index is 0.166. The number of hydrogen-bond donors (Lipinski definition) is 0. The van der Waals surface area contributed by atoms with Gasteiger partial charge in [-0.3, -0.25) is 14.7 Å². The molecule has 3 rings (SSSR count). The van der Waals surface area contributed by atoms with E-state index >= 15 is 0 Å². The molecule has 0 spiro atoms. The van der Waals surface area contributed by atoms with Crippen LogP contribution in [0.4, 0.5) is 5.82 Å². The third-order valence-electron chi connectivity index (χ3n) is 4.39. The van der Waals surface area contributed by atoms with Gasteiger partial charge >= 0.3 is 5.97 Å². The van der Waals surface area contributed by atoms with E-state index in [1.807, 2.05) is 19.9 Å². The Morgan fingerprint density at radius 1 is 1.19 bits per heavy atom. The summed E-state index contributed by atoms with van der Waals surface area (Å²) in [6, 6.07) is 7.18. The Morgan fingerprint density at radius 3 is 2.59 bits per heavy atom. The highest BCUT2D eigenvalue weighted by Crippen LogP contribution is 2.21. The van der Waals surface area contributed by atoms with Crippen molar-refractivity contribution in [3.63, 3.8) is 0 Å². The van der Waals surface area contributed by atoms with Gasteiger partial charge in [0.25, 0.3) is 0 Å². The molecule has 0 atom stereocenters. The highest BCUT2D eigenvalue weighted by Gasteiger charge is 2.23. The Labute approximate surface area is 159 Å². The van der Waals surface area contributed by atoms with Gasteiger partial charge in [0.05, 0.1) is 11.8 Å². The first-order chi connectivity index (χ1) is 13.1. The molecule has 1 aliphatic heterocycles. The van der Waals surface area contributed by atoms with Gasteiger partial charge in [-0.15, -0.1) is 0 Å². The fourth-order valence-corrected chi connectivity index (χ4v) is 3.03. The predicted octanol–water partition coefficient (Wildman–Crippen LogP) is 2.18. The summed E-state index contributed by atoms with van der Waals surface area (Å²) < 4.78 is 5.34. The van der Waals surface area contributed by atoms with Crippen LogP contribution in [0.2, 0.25) is 0 Å². The third-order valence-corrected chi connectivity index (χ3v) is 4.39. The van der Waals surface area contributed by atoms with Gasteiger partial charge in [-0.1, -0.05) is 0 Å². The number of piperazine rings is 1. The van der Waals surface area contributed by atoms with Crippen LogP contribution in [0, 0.1) is 0 Å². The van der Waals surface area contributed by atoms with Crippen LogP contribution in [-0.2, 0) is 11.3 Å². The average molecular weight is 368 g/mol. The lowest BCUT2D eigenvalue weighted by Gasteiger charge is -2.35. The number of anilines is 1. The first kappa shape index (κ1) is 19.0. The van der Waals surface area contributed by atoms with E-state index in [0.717, 1.165) is 44.7 Å². The monoisotopic (exact) mass is 368 g/mol. The van der Waals surface area contributed by atoms with E-state index in [2.05, 4.69) is 19.8 Å². The fourth-order valence-electron chi connectivity index (χ4n) is 3.03. The molecule has 0 amide bonds. The first-order valence-corrected chi connectivity index (χ1v) is 9.10. The lowest BCUT2D eigenvalue weighted by atomic mass is 10.2. The van der Waals surface area contributed by atoms with Gasteiger partial charge in [-0.05, 0) is 38.1 Å². The summed E-state index contributed by atoms with van der Waals surface area (Å²) in [5, 5.41) is 0. The zero-order valence-corrected chi connectivity index (χ0v) is 15.7. The second kappa shape index (κ2) is 8.73. The van der Waals surface area contributed by atoms with Gasteiger partial charge in [0.2, 0.25) is 0 Å². The number of carbonyl (C=O) groups is 2. The Bertz CT molecular complexity index is 784. The number of nitrogens with zero attached hydrogens (tertiary/aromatic N) is 4. The molecule has 142 valence electrons. The van der Waals surface area contributed by atoms with Crippen molar-refractivity contribution in [1.82, 2.24) is 14.9 Å². The van der Waals surface area contributed by atoms with E-state index < -0.39 is 0 Å². The summed E-state index contributed by atoms with van der Waals surface area (Å²) in [4.78, 5) is 36.2. The summed E-state index contributed by atoms with van der Waals surface area (Å²) in [6.45, 7) is 7.62. The van der Waals surface area contributed by atoms with Crippen LogP contribution in [0.5, 0.6) is 0 Å². The zero-order valence-electron chi connectivity index (χ0n) is 15.7. The quantitative estimate of drug-likeness (QED) is 0.571. The SMILES string of the molecule is CC(C)OC(=O)c1cccnc1N1CCN(Cc2ccc(C=O)cn2)CC1. The van der Waals surface area contributed by atoms with Crippen molar-refractivity contribution >= 4 is 18.1 Å². The molecule has 0 bridgehead atoms. The van der Waals surface area contributed by atoms with E-state index in [1.54, 1.807) is 30.6 Å². The van der Waals surface area contributed by atoms with Gasteiger partial charge in [-0.2, -0.15) is 0 Å². The molecule has 1 fully saturated rings. The minimum atomic E-state index is -0.338. The van der Waals surface area contributed by atoms with Crippen LogP contribution in [0.3, 0.4) is 0 Å². The smallest absolute Gasteiger partial charge is 0.342 e. The molecule has 0 unspecified atom stereocenters. The number of rotatable bonds is 6. The molecule has 1 aliphatic rings. The molecule has 0 aliphatic carbocycles. The van der Waals surface area contributed by atoms with Crippen molar-refractivity contribution in [3.8, 4) is 0 Å². The van der Waals surface area contributed by atoms with Crippen molar-refractivity contribution < 1.29 is 14.3 Å². The second-order valence-corrected chi connectivity index (χ2v) is 6.79. The molecule has 0 N–H and O–H groups in total. The highest BCUT2D eigenvalue weighted by molar-refractivity contribution is 5.94. The summed E-state index contributed by atoms with van der Waals surface area (Å²) >= 11 is 0. The molecular formula is C20H24N4O3. The van der Waals surface area contributed by atoms with E-state index in [4.69, 9.17) is 4.74 Å². The van der Waals surface area contributed by atoms with Gasteiger partial charge in [-0.25, -0.2) is 9.78 Å². The predicted molar refractivity (Wildman–Crippen MR) is 102 cm³/mol. The Kier molecular flexibility index (Phi) is 6.13. The molecule has 0 saturated carbocycles. The van der Waals surface area contributed by atoms with Crippen molar-refractivity contribution in [2.75, 3.05) is 31.1 Å². The normalized spacial score (nSPS) is 15.0. The van der Waals surface area contributed by atoms with E-state index in [9.17, 15) is 9.59 Å². The summed E-state index contributed by atoms with van der Waals surface area (Å²) in [7, 11) is 0. The molecule has 0 aromatic carbocycles. The maximum atomic E-state index is 12.3. The second-order valence-electron chi connectivity index (χ2n) is 6.79. The van der Waals surface area contributed by atoms with E-state index in [-0.39, 0.29) is 12.1 Å². The number of carbonyl (C=O) groups excluding carboxylic acids is 2. The summed E-state index contributed by atoms with van der Waals surface area (Å²) in [5.74, 6) is 0.339. The van der Waals surface area contributed by atoms with Crippen LogP contribution >= 0.6 is 0 Å². The number of aromatic nitrogens is 2. The van der Waals surface area contributed by atoms with Gasteiger partial charge in [0.15, 0.2) is 6.29 Å². The number of aldehydes is 1. The average Bonchev–Trinajstić information content (AvgIpc) is 2.69. The molecule has 7 nitrogen and oxygen atoms in total. The Hall–Kier alpha value is -2.80. The summed E-state index contributed by atoms with van der Waals surface area (Å²) in [5.41, 5.74) is 2.03. The maximum Gasteiger partial charge on any atom is 0.342 e. The topological polar surface area (TPSA) is 75.6 Å². The van der Waals surface area contributed by atoms with Crippen LogP contribution in [-0.4, -0.2) is 59.4 Å². The molecule has 7 heteroatoms. The van der Waals surface area contributed by atoms with Gasteiger partial charge in [0.1, 0.15) is 11.4 Å². The number of hydrogen-bond acceptors (Lipinski definition) is 7. The molecule has 1 saturated heterocycles. The van der Waals surface area contributed by atoms with Crippen molar-refractivity contribution in [1.29, 1.82) is 0 Å². The van der Waals surface area contributed by atoms with Crippen molar-refractivity contribution in [2.24, 2.45) is 0 Å². The molecular weight excluding hydrogens is 344 g/mol. The Balaban J connectivity index is 1.62. The highest BCUT2D eigenvalue weighted by atomic mass is 16.5. The molecule has 0 radical (unpaired) electrons. The largest absolute Gasteiger partial charge is 0.459 e. The number of ether oxygens (including phenoxy) is 1. The lowest BCUT2D eigenvalue weighted by molar-refractivity contribution is 0.0378.